The van der Waals surface area contributed by atoms with Crippen LogP contribution < -0.4 is 20.1 Å². The summed E-state index contributed by atoms with van der Waals surface area (Å²) in [4.78, 5) is 30.9. The van der Waals surface area contributed by atoms with Gasteiger partial charge in [0.15, 0.2) is 0 Å². The van der Waals surface area contributed by atoms with Gasteiger partial charge in [0.1, 0.15) is 23.0 Å². The van der Waals surface area contributed by atoms with Crippen LogP contribution in [0.25, 0.3) is 22.2 Å². The number of methoxy groups -OCH3 is 2. The maximum absolute atomic E-state index is 12.9. The quantitative estimate of drug-likeness (QED) is 0.158. The number of hydrogen-bond donors (Lipinski definition) is 3. The molecule has 12 heteroatoms. The lowest BCUT2D eigenvalue weighted by Gasteiger charge is -2.31. The number of hydrogen-bond acceptors (Lipinski definition) is 7. The third kappa shape index (κ3) is 6.27. The third-order valence-electron chi connectivity index (χ3n) is 8.09. The van der Waals surface area contributed by atoms with Gasteiger partial charge in [-0.25, -0.2) is 9.78 Å². The fourth-order valence-corrected chi connectivity index (χ4v) is 5.97. The first kappa shape index (κ1) is 30.7. The minimum absolute atomic E-state index is 0.230. The van der Waals surface area contributed by atoms with Gasteiger partial charge < -0.3 is 30.1 Å². The number of nitrogens with one attached hydrogen (secondary N) is 2. The number of anilines is 2. The molecule has 1 atom stereocenters. The summed E-state index contributed by atoms with van der Waals surface area (Å²) in [6.45, 7) is 1.14. The number of likely N-dealkylation sites (tertiary alicyclic amines) is 1. The Hall–Kier alpha value is -5.29. The number of nitrogens with zero attached hydrogens (tertiary/aromatic N) is 4. The number of piperidine rings is 1. The van der Waals surface area contributed by atoms with Gasteiger partial charge in [-0.3, -0.25) is 9.48 Å². The molecule has 1 saturated heterocycles. The Labute approximate surface area is 270 Å². The second-order valence-corrected chi connectivity index (χ2v) is 11.3. The highest BCUT2D eigenvalue weighted by Gasteiger charge is 2.29. The molecule has 46 heavy (non-hydrogen) atoms. The molecule has 1 aliphatic heterocycles. The number of carbonyl (C=O) groups is 2. The lowest BCUT2D eigenvalue weighted by atomic mass is 10.0. The fraction of sp³-hybridized carbons (Fsp3) is 0.235. The van der Waals surface area contributed by atoms with Crippen molar-refractivity contribution in [2.45, 2.75) is 25.4 Å². The lowest BCUT2D eigenvalue weighted by Crippen LogP contribution is -2.40. The molecule has 1 aliphatic rings. The average Bonchev–Trinajstić information content (AvgIpc) is 3.50. The van der Waals surface area contributed by atoms with Gasteiger partial charge in [-0.05, 0) is 49.2 Å². The van der Waals surface area contributed by atoms with Crippen LogP contribution in [0, 0.1) is 0 Å². The molecular formula is C34H33ClN6O5. The van der Waals surface area contributed by atoms with Gasteiger partial charge >= 0.3 is 6.09 Å². The largest absolute Gasteiger partial charge is 0.497 e. The van der Waals surface area contributed by atoms with Gasteiger partial charge in [0.05, 0.1) is 42.4 Å². The van der Waals surface area contributed by atoms with Crippen molar-refractivity contribution >= 4 is 46.0 Å². The minimum atomic E-state index is -0.964. The van der Waals surface area contributed by atoms with Crippen LogP contribution in [0.2, 0.25) is 5.02 Å². The summed E-state index contributed by atoms with van der Waals surface area (Å²) < 4.78 is 12.8. The van der Waals surface area contributed by atoms with E-state index in [1.807, 2.05) is 65.3 Å². The van der Waals surface area contributed by atoms with Gasteiger partial charge in [0.2, 0.25) is 0 Å². The van der Waals surface area contributed by atoms with Gasteiger partial charge in [-0.15, -0.1) is 0 Å². The SMILES string of the molecule is COc1ccc(CNc2ncc(Cl)c3c2c(-c2ccc(C(=O)Nc4ccccc4)cc2)nn3[C@@H]2CCCN(C(=O)O)C2)c(OC)c1. The van der Waals surface area contributed by atoms with Crippen LogP contribution in [0.4, 0.5) is 16.3 Å². The Kier molecular flexibility index (Phi) is 8.93. The van der Waals surface area contributed by atoms with Crippen molar-refractivity contribution in [2.24, 2.45) is 0 Å². The molecule has 236 valence electrons. The number of halogens is 1. The molecule has 0 aliphatic carbocycles. The summed E-state index contributed by atoms with van der Waals surface area (Å²) in [5, 5.41) is 22.2. The Morgan fingerprint density at radius 3 is 2.54 bits per heavy atom. The molecule has 0 radical (unpaired) electrons. The van der Waals surface area contributed by atoms with Crippen molar-refractivity contribution in [3.8, 4) is 22.8 Å². The highest BCUT2D eigenvalue weighted by molar-refractivity contribution is 6.35. The molecular weight excluding hydrogens is 608 g/mol. The zero-order valence-corrected chi connectivity index (χ0v) is 26.1. The van der Waals surface area contributed by atoms with Crippen LogP contribution in [-0.4, -0.2) is 64.1 Å². The maximum Gasteiger partial charge on any atom is 0.407 e. The van der Waals surface area contributed by atoms with Gasteiger partial charge in [0, 0.05) is 48.1 Å². The highest BCUT2D eigenvalue weighted by atomic mass is 35.5. The van der Waals surface area contributed by atoms with Crippen molar-refractivity contribution < 1.29 is 24.2 Å². The van der Waals surface area contributed by atoms with Crippen LogP contribution in [0.3, 0.4) is 0 Å². The number of carbonyl (C=O) groups excluding carboxylic acids is 1. The van der Waals surface area contributed by atoms with Crippen molar-refractivity contribution in [1.29, 1.82) is 0 Å². The predicted octanol–water partition coefficient (Wildman–Crippen LogP) is 6.95. The van der Waals surface area contributed by atoms with Crippen LogP contribution in [0.1, 0.15) is 34.8 Å². The first-order valence-corrected chi connectivity index (χ1v) is 15.2. The molecule has 11 nitrogen and oxygen atoms in total. The average molecular weight is 641 g/mol. The number of amides is 2. The van der Waals surface area contributed by atoms with E-state index in [-0.39, 0.29) is 18.5 Å². The molecule has 0 saturated carbocycles. The van der Waals surface area contributed by atoms with Crippen LogP contribution in [0.5, 0.6) is 11.5 Å². The molecule has 2 aromatic heterocycles. The summed E-state index contributed by atoms with van der Waals surface area (Å²) in [6.07, 6.45) is 2.05. The standard InChI is InChI=1S/C34H33ClN6O5/c1-45-26-15-14-23(28(17-26)46-2)18-36-32-29-30(21-10-12-22(13-11-21)33(42)38-24-7-4-3-5-8-24)39-41(31(29)27(35)19-37-32)25-9-6-16-40(20-25)34(43)44/h3-5,7-8,10-15,17,19,25H,6,9,16,18,20H2,1-2H3,(H,36,37)(H,38,42)(H,43,44)/t25-/m1/s1. The smallest absolute Gasteiger partial charge is 0.407 e. The number of ether oxygens (including phenoxy) is 2. The Morgan fingerprint density at radius 1 is 1.04 bits per heavy atom. The topological polar surface area (TPSA) is 131 Å². The van der Waals surface area contributed by atoms with E-state index in [1.165, 1.54) is 4.90 Å². The minimum Gasteiger partial charge on any atom is -0.497 e. The molecule has 5 aromatic rings. The molecule has 6 rings (SSSR count). The van der Waals surface area contributed by atoms with E-state index < -0.39 is 6.09 Å². The fourth-order valence-electron chi connectivity index (χ4n) is 5.74. The van der Waals surface area contributed by atoms with Crippen molar-refractivity contribution in [2.75, 3.05) is 37.9 Å². The molecule has 3 heterocycles. The van der Waals surface area contributed by atoms with Crippen molar-refractivity contribution in [1.82, 2.24) is 19.7 Å². The summed E-state index contributed by atoms with van der Waals surface area (Å²) in [5.41, 5.74) is 4.09. The third-order valence-corrected chi connectivity index (χ3v) is 8.36. The number of fused-ring (bicyclic) bond motifs is 1. The number of aromatic nitrogens is 3. The van der Waals surface area contributed by atoms with E-state index in [4.69, 9.17) is 26.2 Å². The summed E-state index contributed by atoms with van der Waals surface area (Å²) in [7, 11) is 3.21. The second kappa shape index (κ2) is 13.4. The Morgan fingerprint density at radius 2 is 1.83 bits per heavy atom. The molecule has 3 aromatic carbocycles. The zero-order valence-electron chi connectivity index (χ0n) is 25.4. The van der Waals surface area contributed by atoms with E-state index in [0.29, 0.717) is 69.7 Å². The van der Waals surface area contributed by atoms with Crippen molar-refractivity contribution in [3.63, 3.8) is 0 Å². The Balaban J connectivity index is 1.40. The highest BCUT2D eigenvalue weighted by Crippen LogP contribution is 2.39. The van der Waals surface area contributed by atoms with Crippen molar-refractivity contribution in [3.05, 3.63) is 95.1 Å². The van der Waals surface area contributed by atoms with E-state index in [1.54, 1.807) is 32.5 Å². The summed E-state index contributed by atoms with van der Waals surface area (Å²) in [5.74, 6) is 1.66. The maximum atomic E-state index is 12.9. The molecule has 1 fully saturated rings. The predicted molar refractivity (Wildman–Crippen MR) is 177 cm³/mol. The molecule has 3 N–H and O–H groups in total. The first-order valence-electron chi connectivity index (χ1n) is 14.8. The normalized spacial score (nSPS) is 14.6. The number of pyridine rings is 1. The van der Waals surface area contributed by atoms with Gasteiger partial charge in [-0.2, -0.15) is 5.10 Å². The van der Waals surface area contributed by atoms with Crippen LogP contribution >= 0.6 is 11.6 Å². The van der Waals surface area contributed by atoms with E-state index in [2.05, 4.69) is 15.6 Å². The van der Waals surface area contributed by atoms with Crippen LogP contribution in [0.15, 0.2) is 79.0 Å². The van der Waals surface area contributed by atoms with Gasteiger partial charge in [-0.1, -0.05) is 41.9 Å². The summed E-state index contributed by atoms with van der Waals surface area (Å²) in [6, 6.07) is 21.8. The second-order valence-electron chi connectivity index (χ2n) is 10.9. The number of benzene rings is 3. The molecule has 0 spiro atoms. The summed E-state index contributed by atoms with van der Waals surface area (Å²) >= 11 is 6.83. The lowest BCUT2D eigenvalue weighted by molar-refractivity contribution is 0.102. The Bertz CT molecular complexity index is 1880. The van der Waals surface area contributed by atoms with Crippen LogP contribution in [-0.2, 0) is 6.54 Å². The van der Waals surface area contributed by atoms with E-state index in [9.17, 15) is 14.7 Å². The monoisotopic (exact) mass is 640 g/mol. The molecule has 0 bridgehead atoms. The number of rotatable bonds is 9. The molecule has 0 unspecified atom stereocenters. The number of para-hydroxylation sites is 1. The van der Waals surface area contributed by atoms with E-state index in [0.717, 1.165) is 17.5 Å². The van der Waals surface area contributed by atoms with Gasteiger partial charge in [0.25, 0.3) is 5.91 Å². The van der Waals surface area contributed by atoms with E-state index >= 15 is 0 Å². The number of carboxylic acid groups (broad SMARTS) is 1. The zero-order chi connectivity index (χ0) is 32.2. The first-order chi connectivity index (χ1) is 22.4. The molecule has 2 amide bonds.